The monoisotopic (exact) mass is 330 g/mol. The Kier molecular flexibility index (Phi) is 4.73. The van der Waals surface area contributed by atoms with E-state index in [0.29, 0.717) is 0 Å². The summed E-state index contributed by atoms with van der Waals surface area (Å²) in [7, 11) is 1.81. The van der Waals surface area contributed by atoms with E-state index < -0.39 is 0 Å². The van der Waals surface area contributed by atoms with Crippen molar-refractivity contribution in [2.45, 2.75) is 37.8 Å². The largest absolute Gasteiger partial charge is 0.380 e. The van der Waals surface area contributed by atoms with Gasteiger partial charge in [0, 0.05) is 39.1 Å². The second kappa shape index (κ2) is 7.13. The van der Waals surface area contributed by atoms with Crippen LogP contribution in [0, 0.1) is 0 Å². The van der Waals surface area contributed by atoms with Gasteiger partial charge < -0.3 is 9.64 Å². The molecule has 7 heteroatoms. The van der Waals surface area contributed by atoms with Crippen LogP contribution in [-0.2, 0) is 4.74 Å². The molecule has 0 amide bonds. The summed E-state index contributed by atoms with van der Waals surface area (Å²) in [4.78, 5) is 9.24. The molecule has 0 N–H and O–H groups in total. The third kappa shape index (κ3) is 3.16. The summed E-state index contributed by atoms with van der Waals surface area (Å²) in [6.07, 6.45) is 10.8. The molecule has 2 aliphatic rings. The van der Waals surface area contributed by atoms with Crippen molar-refractivity contribution in [1.29, 1.82) is 0 Å². The van der Waals surface area contributed by atoms with Crippen LogP contribution in [0.25, 0.3) is 5.65 Å². The molecule has 2 atom stereocenters. The lowest BCUT2D eigenvalue weighted by Crippen LogP contribution is -2.38. The van der Waals surface area contributed by atoms with Crippen LogP contribution < -0.4 is 0 Å². The van der Waals surface area contributed by atoms with Crippen LogP contribution in [0.3, 0.4) is 0 Å². The molecule has 4 rings (SSSR count). The van der Waals surface area contributed by atoms with Crippen LogP contribution in [0.1, 0.15) is 37.5 Å². The van der Waals surface area contributed by atoms with Gasteiger partial charge in [0.15, 0.2) is 11.5 Å². The van der Waals surface area contributed by atoms with Crippen LogP contribution in [0.15, 0.2) is 18.6 Å². The summed E-state index contributed by atoms with van der Waals surface area (Å²) in [5.74, 6) is 1.01. The van der Waals surface area contributed by atoms with Gasteiger partial charge in [0.25, 0.3) is 0 Å². The van der Waals surface area contributed by atoms with Crippen LogP contribution in [0.5, 0.6) is 0 Å². The number of ether oxygens (including phenoxy) is 1. The minimum absolute atomic E-state index is 0.261. The van der Waals surface area contributed by atoms with Gasteiger partial charge in [0.05, 0.1) is 18.3 Å². The number of rotatable bonds is 5. The molecular weight excluding hydrogens is 304 g/mol. The van der Waals surface area contributed by atoms with E-state index >= 15 is 0 Å². The number of aromatic nitrogens is 4. The smallest absolute Gasteiger partial charge is 0.179 e. The number of hydrogen-bond acceptors (Lipinski definition) is 6. The Morgan fingerprint density at radius 3 is 2.88 bits per heavy atom. The SMILES string of the molecule is CO[C@@H]1C[C@@H](c2nnc3cnccn23)N(CCN2CCCCC2)C1. The van der Waals surface area contributed by atoms with E-state index in [4.69, 9.17) is 4.74 Å². The van der Waals surface area contributed by atoms with Crippen LogP contribution >= 0.6 is 0 Å². The van der Waals surface area contributed by atoms with Crippen molar-refractivity contribution in [2.75, 3.05) is 39.8 Å². The van der Waals surface area contributed by atoms with Crippen molar-refractivity contribution in [3.8, 4) is 0 Å². The van der Waals surface area contributed by atoms with E-state index in [0.717, 1.165) is 37.5 Å². The van der Waals surface area contributed by atoms with E-state index in [1.54, 1.807) is 12.4 Å². The van der Waals surface area contributed by atoms with Crippen LogP contribution in [0.4, 0.5) is 0 Å². The lowest BCUT2D eigenvalue weighted by molar-refractivity contribution is 0.105. The summed E-state index contributed by atoms with van der Waals surface area (Å²) in [6, 6.07) is 0.261. The fourth-order valence-electron chi connectivity index (χ4n) is 4.00. The Labute approximate surface area is 142 Å². The highest BCUT2D eigenvalue weighted by molar-refractivity contribution is 5.34. The van der Waals surface area contributed by atoms with E-state index in [-0.39, 0.29) is 12.1 Å². The van der Waals surface area contributed by atoms with Gasteiger partial charge in [-0.25, -0.2) is 0 Å². The summed E-state index contributed by atoms with van der Waals surface area (Å²) >= 11 is 0. The molecule has 0 aliphatic carbocycles. The predicted molar refractivity (Wildman–Crippen MR) is 90.8 cm³/mol. The minimum Gasteiger partial charge on any atom is -0.380 e. The molecule has 7 nitrogen and oxygen atoms in total. The van der Waals surface area contributed by atoms with Gasteiger partial charge in [-0.1, -0.05) is 6.42 Å². The van der Waals surface area contributed by atoms with Crippen LogP contribution in [-0.4, -0.2) is 75.3 Å². The van der Waals surface area contributed by atoms with Gasteiger partial charge in [-0.3, -0.25) is 14.3 Å². The fraction of sp³-hybridized carbons (Fsp3) is 0.706. The Morgan fingerprint density at radius 2 is 2.04 bits per heavy atom. The first-order valence-electron chi connectivity index (χ1n) is 8.99. The highest BCUT2D eigenvalue weighted by Gasteiger charge is 2.36. The molecule has 0 radical (unpaired) electrons. The lowest BCUT2D eigenvalue weighted by atomic mass is 10.1. The molecule has 2 aromatic heterocycles. The minimum atomic E-state index is 0.261. The highest BCUT2D eigenvalue weighted by Crippen LogP contribution is 2.32. The average molecular weight is 330 g/mol. The van der Waals surface area contributed by atoms with Gasteiger partial charge in [-0.05, 0) is 32.4 Å². The standard InChI is InChI=1S/C17H26N6O/c1-24-14-11-15(17-20-19-16-12-18-5-8-23(16)17)22(13-14)10-9-21-6-3-2-4-7-21/h5,8,12,14-15H,2-4,6-7,9-11,13H2,1H3/t14-,15+/m1/s1. The zero-order chi connectivity index (χ0) is 16.4. The summed E-state index contributed by atoms with van der Waals surface area (Å²) in [5, 5.41) is 8.72. The first-order valence-corrected chi connectivity index (χ1v) is 8.99. The number of likely N-dealkylation sites (tertiary alicyclic amines) is 2. The average Bonchev–Trinajstić information content (AvgIpc) is 3.24. The molecule has 2 saturated heterocycles. The summed E-state index contributed by atoms with van der Waals surface area (Å²) in [6.45, 7) is 5.64. The molecule has 0 bridgehead atoms. The Bertz CT molecular complexity index is 668. The molecular formula is C17H26N6O. The van der Waals surface area contributed by atoms with Crippen LogP contribution in [0.2, 0.25) is 0 Å². The van der Waals surface area contributed by atoms with E-state index in [1.807, 2.05) is 13.3 Å². The molecule has 0 saturated carbocycles. The van der Waals surface area contributed by atoms with Crippen molar-refractivity contribution in [2.24, 2.45) is 0 Å². The second-order valence-electron chi connectivity index (χ2n) is 6.87. The Hall–Kier alpha value is -1.57. The number of methoxy groups -OCH3 is 1. The first-order chi connectivity index (χ1) is 11.8. The van der Waals surface area contributed by atoms with Crippen molar-refractivity contribution in [3.63, 3.8) is 0 Å². The van der Waals surface area contributed by atoms with Gasteiger partial charge in [-0.2, -0.15) is 0 Å². The van der Waals surface area contributed by atoms with Crippen molar-refractivity contribution < 1.29 is 4.74 Å². The summed E-state index contributed by atoms with van der Waals surface area (Å²) < 4.78 is 7.71. The maximum Gasteiger partial charge on any atom is 0.179 e. The van der Waals surface area contributed by atoms with E-state index in [9.17, 15) is 0 Å². The van der Waals surface area contributed by atoms with Gasteiger partial charge >= 0.3 is 0 Å². The van der Waals surface area contributed by atoms with Gasteiger partial charge in [0.1, 0.15) is 0 Å². The maximum atomic E-state index is 5.65. The molecule has 2 aromatic rings. The topological polar surface area (TPSA) is 58.8 Å². The fourth-order valence-corrected chi connectivity index (χ4v) is 4.00. The normalized spacial score (nSPS) is 26.4. The zero-order valence-electron chi connectivity index (χ0n) is 14.3. The molecule has 130 valence electrons. The number of fused-ring (bicyclic) bond motifs is 1. The second-order valence-corrected chi connectivity index (χ2v) is 6.87. The first kappa shape index (κ1) is 15.9. The van der Waals surface area contributed by atoms with Crippen molar-refractivity contribution in [3.05, 3.63) is 24.4 Å². The van der Waals surface area contributed by atoms with Gasteiger partial charge in [-0.15, -0.1) is 10.2 Å². The zero-order valence-corrected chi connectivity index (χ0v) is 14.3. The third-order valence-electron chi connectivity index (χ3n) is 5.39. The molecule has 2 fully saturated rings. The molecule has 2 aliphatic heterocycles. The van der Waals surface area contributed by atoms with Crippen molar-refractivity contribution >= 4 is 5.65 Å². The van der Waals surface area contributed by atoms with E-state index in [2.05, 4.69) is 29.4 Å². The lowest BCUT2D eigenvalue weighted by Gasteiger charge is -2.30. The highest BCUT2D eigenvalue weighted by atomic mass is 16.5. The molecule has 0 unspecified atom stereocenters. The third-order valence-corrected chi connectivity index (χ3v) is 5.39. The molecule has 24 heavy (non-hydrogen) atoms. The summed E-state index contributed by atoms with van der Waals surface area (Å²) in [5.41, 5.74) is 0.810. The molecule has 0 spiro atoms. The number of piperidine rings is 1. The molecule has 4 heterocycles. The number of nitrogens with zero attached hydrogens (tertiary/aromatic N) is 6. The number of hydrogen-bond donors (Lipinski definition) is 0. The molecule has 0 aromatic carbocycles. The Balaban J connectivity index is 1.50. The maximum absolute atomic E-state index is 5.65. The Morgan fingerprint density at radius 1 is 1.17 bits per heavy atom. The quantitative estimate of drug-likeness (QED) is 0.825. The van der Waals surface area contributed by atoms with Gasteiger partial charge in [0.2, 0.25) is 0 Å². The van der Waals surface area contributed by atoms with E-state index in [1.165, 1.54) is 32.4 Å². The van der Waals surface area contributed by atoms with Crippen molar-refractivity contribution in [1.82, 2.24) is 29.4 Å². The predicted octanol–water partition coefficient (Wildman–Crippen LogP) is 1.37.